The number of amides is 3. The summed E-state index contributed by atoms with van der Waals surface area (Å²) in [5, 5.41) is 2.84. The summed E-state index contributed by atoms with van der Waals surface area (Å²) in [6.07, 6.45) is 2.78. The van der Waals surface area contributed by atoms with Crippen molar-refractivity contribution in [1.29, 1.82) is 0 Å². The highest BCUT2D eigenvalue weighted by atomic mass is 16.6. The molecule has 2 aromatic rings. The number of likely N-dealkylation sites (tertiary alicyclic amines) is 1. The van der Waals surface area contributed by atoms with E-state index in [2.05, 4.69) is 5.32 Å². The van der Waals surface area contributed by atoms with Crippen molar-refractivity contribution in [1.82, 2.24) is 4.90 Å². The number of carbonyl (C=O) groups excluding carboxylic acids is 3. The van der Waals surface area contributed by atoms with Crippen molar-refractivity contribution in [3.63, 3.8) is 0 Å². The molecule has 2 aromatic carbocycles. The normalized spacial score (nSPS) is 15.6. The first-order chi connectivity index (χ1) is 16.5. The molecule has 0 spiro atoms. The van der Waals surface area contributed by atoms with Crippen molar-refractivity contribution in [3.8, 4) is 11.5 Å². The Labute approximate surface area is 198 Å². The van der Waals surface area contributed by atoms with Crippen molar-refractivity contribution in [2.24, 2.45) is 0 Å². The van der Waals surface area contributed by atoms with Gasteiger partial charge in [-0.05, 0) is 62.6 Å². The van der Waals surface area contributed by atoms with Gasteiger partial charge in [0.05, 0.1) is 13.2 Å². The number of hydrogen-bond acceptors (Lipinski definition) is 6. The molecule has 2 heterocycles. The van der Waals surface area contributed by atoms with E-state index in [1.165, 1.54) is 4.90 Å². The molecule has 34 heavy (non-hydrogen) atoms. The van der Waals surface area contributed by atoms with Crippen LogP contribution in [0.3, 0.4) is 0 Å². The number of piperidine rings is 1. The number of nitrogens with zero attached hydrogens (tertiary/aromatic N) is 2. The number of nitrogens with one attached hydrogen (secondary N) is 1. The van der Waals surface area contributed by atoms with Crippen LogP contribution in [0.15, 0.2) is 42.5 Å². The van der Waals surface area contributed by atoms with Crippen LogP contribution in [0.4, 0.5) is 16.2 Å². The van der Waals surface area contributed by atoms with E-state index in [0.717, 1.165) is 32.4 Å². The molecule has 0 unspecified atom stereocenters. The highest BCUT2D eigenvalue weighted by Gasteiger charge is 2.24. The molecule has 3 amide bonds. The molecule has 0 bridgehead atoms. The van der Waals surface area contributed by atoms with Crippen LogP contribution in [0.25, 0.3) is 0 Å². The van der Waals surface area contributed by atoms with Gasteiger partial charge < -0.3 is 24.4 Å². The Morgan fingerprint density at radius 1 is 1.00 bits per heavy atom. The molecule has 9 heteroatoms. The number of anilines is 2. The molecule has 0 aliphatic carbocycles. The SMILES string of the molecule is CCOc1cc(C(=O)Nc2cccc(N3CCOC3=O)c2)ccc1OCC(=O)N1CCCCC1. The van der Waals surface area contributed by atoms with Gasteiger partial charge in [0.15, 0.2) is 18.1 Å². The highest BCUT2D eigenvalue weighted by molar-refractivity contribution is 6.05. The molecule has 9 nitrogen and oxygen atoms in total. The van der Waals surface area contributed by atoms with Crippen LogP contribution in [0, 0.1) is 0 Å². The fourth-order valence-corrected chi connectivity index (χ4v) is 3.99. The zero-order valence-corrected chi connectivity index (χ0v) is 19.2. The van der Waals surface area contributed by atoms with Gasteiger partial charge in [-0.1, -0.05) is 6.07 Å². The molecule has 2 aliphatic heterocycles. The largest absolute Gasteiger partial charge is 0.490 e. The van der Waals surface area contributed by atoms with Gasteiger partial charge in [0, 0.05) is 30.0 Å². The number of hydrogen-bond donors (Lipinski definition) is 1. The van der Waals surface area contributed by atoms with E-state index in [4.69, 9.17) is 14.2 Å². The third-order valence-electron chi connectivity index (χ3n) is 5.74. The number of rotatable bonds is 8. The fraction of sp³-hybridized carbons (Fsp3) is 0.400. The Hall–Kier alpha value is -3.75. The average molecular weight is 468 g/mol. The van der Waals surface area contributed by atoms with Crippen molar-refractivity contribution in [2.45, 2.75) is 26.2 Å². The Bertz CT molecular complexity index is 1050. The zero-order valence-electron chi connectivity index (χ0n) is 19.2. The molecule has 4 rings (SSSR count). The molecule has 0 atom stereocenters. The first-order valence-corrected chi connectivity index (χ1v) is 11.6. The van der Waals surface area contributed by atoms with Gasteiger partial charge in [0.25, 0.3) is 11.8 Å². The maximum absolute atomic E-state index is 12.9. The van der Waals surface area contributed by atoms with E-state index in [-0.39, 0.29) is 18.4 Å². The summed E-state index contributed by atoms with van der Waals surface area (Å²) in [5.74, 6) is 0.428. The first kappa shape index (κ1) is 23.4. The average Bonchev–Trinajstić information content (AvgIpc) is 3.29. The minimum absolute atomic E-state index is 0.0502. The maximum Gasteiger partial charge on any atom is 0.414 e. The van der Waals surface area contributed by atoms with E-state index >= 15 is 0 Å². The lowest BCUT2D eigenvalue weighted by atomic mass is 10.1. The molecule has 2 fully saturated rings. The topological polar surface area (TPSA) is 97.4 Å². The van der Waals surface area contributed by atoms with Gasteiger partial charge in [-0.2, -0.15) is 0 Å². The third-order valence-corrected chi connectivity index (χ3v) is 5.74. The Balaban J connectivity index is 1.42. The van der Waals surface area contributed by atoms with Crippen LogP contribution in [0.2, 0.25) is 0 Å². The quantitative estimate of drug-likeness (QED) is 0.636. The Morgan fingerprint density at radius 3 is 2.56 bits per heavy atom. The summed E-state index contributed by atoms with van der Waals surface area (Å²) in [7, 11) is 0. The second kappa shape index (κ2) is 10.9. The smallest absolute Gasteiger partial charge is 0.414 e. The van der Waals surface area contributed by atoms with Crippen LogP contribution >= 0.6 is 0 Å². The Morgan fingerprint density at radius 2 is 1.82 bits per heavy atom. The van der Waals surface area contributed by atoms with E-state index in [1.807, 2.05) is 11.8 Å². The van der Waals surface area contributed by atoms with Crippen LogP contribution in [0.1, 0.15) is 36.5 Å². The molecule has 0 aromatic heterocycles. The summed E-state index contributed by atoms with van der Waals surface area (Å²) >= 11 is 0. The second-order valence-corrected chi connectivity index (χ2v) is 8.10. The second-order valence-electron chi connectivity index (χ2n) is 8.10. The molecule has 2 saturated heterocycles. The van der Waals surface area contributed by atoms with Crippen molar-refractivity contribution < 1.29 is 28.6 Å². The van der Waals surface area contributed by atoms with Gasteiger partial charge >= 0.3 is 6.09 Å². The van der Waals surface area contributed by atoms with Gasteiger partial charge in [-0.15, -0.1) is 0 Å². The third kappa shape index (κ3) is 5.59. The molecule has 1 N–H and O–H groups in total. The summed E-state index contributed by atoms with van der Waals surface area (Å²) in [4.78, 5) is 40.5. The lowest BCUT2D eigenvalue weighted by Gasteiger charge is -2.26. The molecule has 2 aliphatic rings. The predicted octanol–water partition coefficient (Wildman–Crippen LogP) is 3.69. The van der Waals surface area contributed by atoms with Crippen LogP contribution in [0.5, 0.6) is 11.5 Å². The summed E-state index contributed by atoms with van der Waals surface area (Å²) in [5.41, 5.74) is 1.58. The number of cyclic esters (lactones) is 1. The standard InChI is InChI=1S/C25H29N3O6/c1-2-32-22-15-18(9-10-21(22)34-17-23(29)27-11-4-3-5-12-27)24(30)26-19-7-6-8-20(16-19)28-13-14-33-25(28)31/h6-10,15-16H,2-5,11-14,17H2,1H3,(H,26,30). The predicted molar refractivity (Wildman–Crippen MR) is 127 cm³/mol. The van der Waals surface area contributed by atoms with E-state index in [1.54, 1.807) is 42.5 Å². The zero-order chi connectivity index (χ0) is 23.9. The summed E-state index contributed by atoms with van der Waals surface area (Å²) < 4.78 is 16.4. The lowest BCUT2D eigenvalue weighted by molar-refractivity contribution is -0.134. The van der Waals surface area contributed by atoms with Crippen molar-refractivity contribution >= 4 is 29.3 Å². The van der Waals surface area contributed by atoms with Crippen LogP contribution in [-0.4, -0.2) is 62.3 Å². The Kier molecular flexibility index (Phi) is 7.51. The number of benzene rings is 2. The molecular formula is C25H29N3O6. The van der Waals surface area contributed by atoms with Gasteiger partial charge in [-0.25, -0.2) is 4.79 Å². The monoisotopic (exact) mass is 467 g/mol. The number of carbonyl (C=O) groups is 3. The summed E-state index contributed by atoms with van der Waals surface area (Å²) in [6, 6.07) is 11.9. The first-order valence-electron chi connectivity index (χ1n) is 11.6. The molecule has 0 saturated carbocycles. The lowest BCUT2D eigenvalue weighted by Crippen LogP contribution is -2.38. The molecule has 0 radical (unpaired) electrons. The minimum Gasteiger partial charge on any atom is -0.490 e. The molecule has 180 valence electrons. The van der Waals surface area contributed by atoms with Crippen molar-refractivity contribution in [2.75, 3.05) is 49.7 Å². The molecular weight excluding hydrogens is 438 g/mol. The van der Waals surface area contributed by atoms with Crippen LogP contribution < -0.4 is 19.7 Å². The van der Waals surface area contributed by atoms with E-state index in [0.29, 0.717) is 48.2 Å². The fourth-order valence-electron chi connectivity index (χ4n) is 3.99. The van der Waals surface area contributed by atoms with Crippen molar-refractivity contribution in [3.05, 3.63) is 48.0 Å². The summed E-state index contributed by atoms with van der Waals surface area (Å²) in [6.45, 7) is 4.49. The maximum atomic E-state index is 12.9. The minimum atomic E-state index is -0.404. The van der Waals surface area contributed by atoms with Crippen LogP contribution in [-0.2, 0) is 9.53 Å². The number of ether oxygens (including phenoxy) is 3. The highest BCUT2D eigenvalue weighted by Crippen LogP contribution is 2.29. The van der Waals surface area contributed by atoms with E-state index in [9.17, 15) is 14.4 Å². The van der Waals surface area contributed by atoms with Gasteiger partial charge in [0.2, 0.25) is 0 Å². The van der Waals surface area contributed by atoms with Gasteiger partial charge in [0.1, 0.15) is 6.61 Å². The van der Waals surface area contributed by atoms with E-state index < -0.39 is 6.09 Å². The van der Waals surface area contributed by atoms with Gasteiger partial charge in [-0.3, -0.25) is 14.5 Å².